The summed E-state index contributed by atoms with van der Waals surface area (Å²) >= 11 is 0. The van der Waals surface area contributed by atoms with Crippen LogP contribution in [0.25, 0.3) is 0 Å². The zero-order chi connectivity index (χ0) is 13.9. The minimum atomic E-state index is 0.0664. The van der Waals surface area contributed by atoms with E-state index in [1.807, 2.05) is 20.2 Å². The standard InChI is InChI=1S/C15H23NO2/c1-10-7-13(15(18-6)8-11(10)2)14(16(4)5)9-12(3)17/h7-8,14H,9H2,1-6H3. The van der Waals surface area contributed by atoms with Gasteiger partial charge in [-0.25, -0.2) is 0 Å². The molecule has 0 spiro atoms. The van der Waals surface area contributed by atoms with Crippen LogP contribution < -0.4 is 4.74 Å². The van der Waals surface area contributed by atoms with Gasteiger partial charge < -0.3 is 9.64 Å². The van der Waals surface area contributed by atoms with Crippen molar-refractivity contribution >= 4 is 5.78 Å². The molecular weight excluding hydrogens is 226 g/mol. The van der Waals surface area contributed by atoms with Crippen LogP contribution in [0.1, 0.15) is 36.1 Å². The highest BCUT2D eigenvalue weighted by Gasteiger charge is 2.20. The van der Waals surface area contributed by atoms with Gasteiger partial charge in [-0.15, -0.1) is 0 Å². The molecule has 0 aromatic heterocycles. The van der Waals surface area contributed by atoms with Crippen LogP contribution in [0.2, 0.25) is 0 Å². The molecule has 1 rings (SSSR count). The zero-order valence-electron chi connectivity index (χ0n) is 12.2. The largest absolute Gasteiger partial charge is 0.496 e. The van der Waals surface area contributed by atoms with E-state index in [4.69, 9.17) is 4.74 Å². The molecule has 100 valence electrons. The first kappa shape index (κ1) is 14.7. The van der Waals surface area contributed by atoms with E-state index in [0.29, 0.717) is 6.42 Å². The van der Waals surface area contributed by atoms with Crippen molar-refractivity contribution in [2.45, 2.75) is 33.2 Å². The van der Waals surface area contributed by atoms with E-state index in [2.05, 4.69) is 24.8 Å². The van der Waals surface area contributed by atoms with Gasteiger partial charge in [0.25, 0.3) is 0 Å². The Hall–Kier alpha value is -1.35. The quantitative estimate of drug-likeness (QED) is 0.803. The Balaban J connectivity index is 3.26. The fourth-order valence-electron chi connectivity index (χ4n) is 2.09. The van der Waals surface area contributed by atoms with Crippen molar-refractivity contribution in [2.75, 3.05) is 21.2 Å². The zero-order valence-corrected chi connectivity index (χ0v) is 12.2. The summed E-state index contributed by atoms with van der Waals surface area (Å²) in [5, 5.41) is 0. The average molecular weight is 249 g/mol. The van der Waals surface area contributed by atoms with E-state index in [1.54, 1.807) is 14.0 Å². The number of hydrogen-bond donors (Lipinski definition) is 0. The minimum Gasteiger partial charge on any atom is -0.496 e. The molecule has 0 fully saturated rings. The fourth-order valence-corrected chi connectivity index (χ4v) is 2.09. The number of aryl methyl sites for hydroxylation is 2. The normalized spacial score (nSPS) is 12.6. The number of rotatable bonds is 5. The summed E-state index contributed by atoms with van der Waals surface area (Å²) < 4.78 is 5.46. The molecule has 0 radical (unpaired) electrons. The number of Topliss-reactive ketones (excluding diaryl/α,β-unsaturated/α-hetero) is 1. The summed E-state index contributed by atoms with van der Waals surface area (Å²) in [7, 11) is 5.65. The van der Waals surface area contributed by atoms with Crippen molar-refractivity contribution < 1.29 is 9.53 Å². The van der Waals surface area contributed by atoms with Gasteiger partial charge in [0.1, 0.15) is 11.5 Å². The van der Waals surface area contributed by atoms with Gasteiger partial charge in [-0.05, 0) is 52.1 Å². The maximum absolute atomic E-state index is 11.4. The Morgan fingerprint density at radius 1 is 1.28 bits per heavy atom. The van der Waals surface area contributed by atoms with Crippen molar-refractivity contribution in [2.24, 2.45) is 0 Å². The third kappa shape index (κ3) is 3.33. The lowest BCUT2D eigenvalue weighted by Crippen LogP contribution is -2.23. The Morgan fingerprint density at radius 2 is 1.83 bits per heavy atom. The Bertz CT molecular complexity index is 438. The molecule has 0 aliphatic carbocycles. The number of carbonyl (C=O) groups excluding carboxylic acids is 1. The molecular formula is C15H23NO2. The highest BCUT2D eigenvalue weighted by Crippen LogP contribution is 2.33. The first-order valence-corrected chi connectivity index (χ1v) is 6.17. The molecule has 0 amide bonds. The van der Waals surface area contributed by atoms with E-state index in [1.165, 1.54) is 11.1 Å². The van der Waals surface area contributed by atoms with Crippen LogP contribution in [0, 0.1) is 13.8 Å². The van der Waals surface area contributed by atoms with Crippen LogP contribution in [0.15, 0.2) is 12.1 Å². The minimum absolute atomic E-state index is 0.0664. The highest BCUT2D eigenvalue weighted by atomic mass is 16.5. The molecule has 0 saturated carbocycles. The molecule has 3 heteroatoms. The van der Waals surface area contributed by atoms with Crippen molar-refractivity contribution in [3.05, 3.63) is 28.8 Å². The van der Waals surface area contributed by atoms with Crippen LogP contribution >= 0.6 is 0 Å². The number of ether oxygens (including phenoxy) is 1. The van der Waals surface area contributed by atoms with Crippen molar-refractivity contribution in [3.8, 4) is 5.75 Å². The first-order chi connectivity index (χ1) is 8.36. The smallest absolute Gasteiger partial charge is 0.131 e. The van der Waals surface area contributed by atoms with Gasteiger partial charge >= 0.3 is 0 Å². The first-order valence-electron chi connectivity index (χ1n) is 6.17. The van der Waals surface area contributed by atoms with Crippen LogP contribution in [-0.4, -0.2) is 31.9 Å². The molecule has 0 saturated heterocycles. The van der Waals surface area contributed by atoms with E-state index in [-0.39, 0.29) is 11.8 Å². The molecule has 0 N–H and O–H groups in total. The number of carbonyl (C=O) groups is 1. The second kappa shape index (κ2) is 6.01. The lowest BCUT2D eigenvalue weighted by atomic mass is 9.96. The van der Waals surface area contributed by atoms with Crippen LogP contribution in [-0.2, 0) is 4.79 Å². The molecule has 18 heavy (non-hydrogen) atoms. The third-order valence-corrected chi connectivity index (χ3v) is 3.31. The third-order valence-electron chi connectivity index (χ3n) is 3.31. The summed E-state index contributed by atoms with van der Waals surface area (Å²) in [5.74, 6) is 1.05. The van der Waals surface area contributed by atoms with Gasteiger partial charge in [-0.1, -0.05) is 6.07 Å². The van der Waals surface area contributed by atoms with Crippen LogP contribution in [0.5, 0.6) is 5.75 Å². The summed E-state index contributed by atoms with van der Waals surface area (Å²) in [5.41, 5.74) is 3.51. The van der Waals surface area contributed by atoms with E-state index in [9.17, 15) is 4.79 Å². The lowest BCUT2D eigenvalue weighted by molar-refractivity contribution is -0.118. The van der Waals surface area contributed by atoms with Gasteiger partial charge in [0.15, 0.2) is 0 Å². The van der Waals surface area contributed by atoms with Gasteiger partial charge in [0, 0.05) is 18.0 Å². The maximum Gasteiger partial charge on any atom is 0.131 e. The van der Waals surface area contributed by atoms with Crippen molar-refractivity contribution in [1.29, 1.82) is 0 Å². The van der Waals surface area contributed by atoms with Gasteiger partial charge in [0.05, 0.1) is 7.11 Å². The number of benzene rings is 1. The van der Waals surface area contributed by atoms with Gasteiger partial charge in [0.2, 0.25) is 0 Å². The fraction of sp³-hybridized carbons (Fsp3) is 0.533. The Labute approximate surface area is 110 Å². The van der Waals surface area contributed by atoms with Gasteiger partial charge in [-0.2, -0.15) is 0 Å². The summed E-state index contributed by atoms with van der Waals surface area (Å²) in [6, 6.07) is 4.24. The Kier molecular flexibility index (Phi) is 4.91. The molecule has 0 heterocycles. The molecule has 1 unspecified atom stereocenters. The Morgan fingerprint density at radius 3 is 2.28 bits per heavy atom. The predicted octanol–water partition coefficient (Wildman–Crippen LogP) is 2.89. The van der Waals surface area contributed by atoms with E-state index in [0.717, 1.165) is 11.3 Å². The lowest BCUT2D eigenvalue weighted by Gasteiger charge is -2.26. The monoisotopic (exact) mass is 249 g/mol. The van der Waals surface area contributed by atoms with Gasteiger partial charge in [-0.3, -0.25) is 4.79 Å². The van der Waals surface area contributed by atoms with Crippen molar-refractivity contribution in [1.82, 2.24) is 4.90 Å². The van der Waals surface area contributed by atoms with Crippen LogP contribution in [0.3, 0.4) is 0 Å². The topological polar surface area (TPSA) is 29.5 Å². The van der Waals surface area contributed by atoms with Crippen molar-refractivity contribution in [3.63, 3.8) is 0 Å². The number of nitrogens with zero attached hydrogens (tertiary/aromatic N) is 1. The average Bonchev–Trinajstić information content (AvgIpc) is 2.28. The number of methoxy groups -OCH3 is 1. The molecule has 0 aliphatic rings. The maximum atomic E-state index is 11.4. The van der Waals surface area contributed by atoms with E-state index >= 15 is 0 Å². The van der Waals surface area contributed by atoms with E-state index < -0.39 is 0 Å². The van der Waals surface area contributed by atoms with Crippen LogP contribution in [0.4, 0.5) is 0 Å². The number of ketones is 1. The SMILES string of the molecule is COc1cc(C)c(C)cc1C(CC(C)=O)N(C)C. The molecule has 3 nitrogen and oxygen atoms in total. The second-order valence-corrected chi connectivity index (χ2v) is 5.06. The molecule has 1 aromatic rings. The summed E-state index contributed by atoms with van der Waals surface area (Å²) in [4.78, 5) is 13.5. The predicted molar refractivity (Wildman–Crippen MR) is 74.2 cm³/mol. The molecule has 1 aromatic carbocycles. The highest BCUT2D eigenvalue weighted by molar-refractivity contribution is 5.76. The molecule has 0 aliphatic heterocycles. The summed E-state index contributed by atoms with van der Waals surface area (Å²) in [6.45, 7) is 5.78. The molecule has 1 atom stereocenters. The number of hydrogen-bond acceptors (Lipinski definition) is 3. The molecule has 0 bridgehead atoms. The summed E-state index contributed by atoms with van der Waals surface area (Å²) in [6.07, 6.45) is 0.506. The second-order valence-electron chi connectivity index (χ2n) is 5.06.